The summed E-state index contributed by atoms with van der Waals surface area (Å²) in [5.41, 5.74) is 0.681. The Bertz CT molecular complexity index is 504. The van der Waals surface area contributed by atoms with Crippen molar-refractivity contribution in [3.8, 4) is 11.8 Å². The lowest BCUT2D eigenvalue weighted by Crippen LogP contribution is -2.19. The van der Waals surface area contributed by atoms with Crippen LogP contribution in [0.5, 0.6) is 0 Å². The van der Waals surface area contributed by atoms with Crippen LogP contribution in [0, 0.1) is 11.8 Å². The van der Waals surface area contributed by atoms with Crippen LogP contribution in [0.15, 0.2) is 6.20 Å². The molecule has 122 valence electrons. The van der Waals surface area contributed by atoms with Crippen LogP contribution in [-0.2, 0) is 9.47 Å². The lowest BCUT2D eigenvalue weighted by molar-refractivity contribution is -0.0969. The Balaban J connectivity index is 2.98. The molecule has 0 aromatic carbocycles. The van der Waals surface area contributed by atoms with Crippen LogP contribution >= 0.6 is 11.6 Å². The normalized spacial score (nSPS) is 10.7. The lowest BCUT2D eigenvalue weighted by atomic mass is 10.1. The molecule has 0 aliphatic heterocycles. The van der Waals surface area contributed by atoms with E-state index in [-0.39, 0.29) is 5.28 Å². The predicted molar refractivity (Wildman–Crippen MR) is 89.0 cm³/mol. The average Bonchev–Trinajstić information content (AvgIpc) is 2.52. The minimum Gasteiger partial charge on any atom is -0.366 e. The molecule has 1 N–H and O–H groups in total. The molecule has 0 saturated carbocycles. The number of aromatic nitrogens is 2. The first-order valence-electron chi connectivity index (χ1n) is 7.68. The maximum absolute atomic E-state index is 5.89. The lowest BCUT2D eigenvalue weighted by Gasteiger charge is -2.16. The molecule has 0 unspecified atom stereocenters. The van der Waals surface area contributed by atoms with Gasteiger partial charge >= 0.3 is 0 Å². The van der Waals surface area contributed by atoms with Crippen molar-refractivity contribution in [1.29, 1.82) is 0 Å². The second-order valence-electron chi connectivity index (χ2n) is 4.57. The molecule has 0 amide bonds. The summed E-state index contributed by atoms with van der Waals surface area (Å²) in [6.45, 7) is 9.12. The molecule has 0 spiro atoms. The highest BCUT2D eigenvalue weighted by Gasteiger charge is 2.10. The molecule has 0 atom stereocenters. The summed E-state index contributed by atoms with van der Waals surface area (Å²) in [7, 11) is 0. The van der Waals surface area contributed by atoms with Gasteiger partial charge in [-0.25, -0.2) is 4.98 Å². The highest BCUT2D eigenvalue weighted by molar-refractivity contribution is 6.28. The van der Waals surface area contributed by atoms with Crippen LogP contribution in [0.3, 0.4) is 0 Å². The van der Waals surface area contributed by atoms with Crippen molar-refractivity contribution in [1.82, 2.24) is 9.97 Å². The van der Waals surface area contributed by atoms with Crippen molar-refractivity contribution in [2.24, 2.45) is 0 Å². The van der Waals surface area contributed by atoms with Crippen LogP contribution in [-0.4, -0.2) is 35.5 Å². The van der Waals surface area contributed by atoms with Crippen LogP contribution in [0.4, 0.5) is 5.82 Å². The molecule has 0 radical (unpaired) electrons. The Labute approximate surface area is 137 Å². The number of hydrogen-bond acceptors (Lipinski definition) is 5. The Kier molecular flexibility index (Phi) is 8.83. The van der Waals surface area contributed by atoms with Gasteiger partial charge in [0.05, 0.1) is 5.56 Å². The van der Waals surface area contributed by atoms with Crippen LogP contribution in [0.25, 0.3) is 0 Å². The van der Waals surface area contributed by atoms with E-state index < -0.39 is 6.29 Å². The van der Waals surface area contributed by atoms with E-state index in [2.05, 4.69) is 41.0 Å². The van der Waals surface area contributed by atoms with Gasteiger partial charge in [0.25, 0.3) is 0 Å². The molecule has 0 aliphatic rings. The molecular weight excluding hydrogens is 302 g/mol. The van der Waals surface area contributed by atoms with Gasteiger partial charge < -0.3 is 14.8 Å². The molecular formula is C16H24ClN3O2. The van der Waals surface area contributed by atoms with Gasteiger partial charge in [0.2, 0.25) is 11.6 Å². The van der Waals surface area contributed by atoms with Crippen molar-refractivity contribution >= 4 is 17.4 Å². The van der Waals surface area contributed by atoms with Crippen molar-refractivity contribution < 1.29 is 9.47 Å². The van der Waals surface area contributed by atoms with E-state index in [1.807, 2.05) is 13.8 Å². The molecule has 1 aromatic rings. The third kappa shape index (κ3) is 6.18. The van der Waals surface area contributed by atoms with Crippen LogP contribution in [0.1, 0.15) is 46.1 Å². The summed E-state index contributed by atoms with van der Waals surface area (Å²) in [6.07, 6.45) is 3.05. The highest BCUT2D eigenvalue weighted by Crippen LogP contribution is 2.16. The number of nitrogens with zero attached hydrogens (tertiary/aromatic N) is 2. The first kappa shape index (κ1) is 18.7. The zero-order valence-corrected chi connectivity index (χ0v) is 14.4. The number of hydrogen-bond donors (Lipinski definition) is 1. The zero-order chi connectivity index (χ0) is 16.4. The van der Waals surface area contributed by atoms with E-state index in [1.54, 1.807) is 6.20 Å². The average molecular weight is 326 g/mol. The molecule has 1 rings (SSSR count). The Morgan fingerprint density at radius 3 is 2.36 bits per heavy atom. The smallest absolute Gasteiger partial charge is 0.224 e. The zero-order valence-electron chi connectivity index (χ0n) is 13.6. The van der Waals surface area contributed by atoms with E-state index in [0.29, 0.717) is 30.6 Å². The third-order valence-corrected chi connectivity index (χ3v) is 3.23. The molecule has 0 bridgehead atoms. The van der Waals surface area contributed by atoms with Gasteiger partial charge in [-0.05, 0) is 44.2 Å². The van der Waals surface area contributed by atoms with E-state index in [1.165, 1.54) is 0 Å². The summed E-state index contributed by atoms with van der Waals surface area (Å²) in [4.78, 5) is 8.24. The quantitative estimate of drug-likeness (QED) is 0.450. The first-order valence-corrected chi connectivity index (χ1v) is 8.06. The SMILES string of the molecule is CCOC(C#Cc1cnc(Cl)nc1NC(CC)CC)OCC. The minimum absolute atomic E-state index is 0.199. The Morgan fingerprint density at radius 2 is 1.82 bits per heavy atom. The molecule has 0 aliphatic carbocycles. The van der Waals surface area contributed by atoms with Gasteiger partial charge in [0.15, 0.2) is 0 Å². The molecule has 1 aromatic heterocycles. The van der Waals surface area contributed by atoms with Gasteiger partial charge in [-0.2, -0.15) is 4.98 Å². The van der Waals surface area contributed by atoms with E-state index >= 15 is 0 Å². The molecule has 0 saturated heterocycles. The number of nitrogens with one attached hydrogen (secondary N) is 1. The summed E-state index contributed by atoms with van der Waals surface area (Å²) >= 11 is 5.89. The minimum atomic E-state index is -0.549. The molecule has 5 nitrogen and oxygen atoms in total. The predicted octanol–water partition coefficient (Wildman–Crippen LogP) is 3.48. The number of anilines is 1. The van der Waals surface area contributed by atoms with Gasteiger partial charge in [0, 0.05) is 25.5 Å². The summed E-state index contributed by atoms with van der Waals surface area (Å²) in [5.74, 6) is 6.61. The largest absolute Gasteiger partial charge is 0.366 e. The third-order valence-electron chi connectivity index (χ3n) is 3.05. The van der Waals surface area contributed by atoms with Crippen LogP contribution < -0.4 is 5.32 Å². The number of rotatable bonds is 8. The fourth-order valence-corrected chi connectivity index (χ4v) is 1.95. The van der Waals surface area contributed by atoms with Crippen molar-refractivity contribution in [2.75, 3.05) is 18.5 Å². The van der Waals surface area contributed by atoms with Crippen LogP contribution in [0.2, 0.25) is 5.28 Å². The summed E-state index contributed by atoms with van der Waals surface area (Å²) < 4.78 is 10.8. The molecule has 1 heterocycles. The van der Waals surface area contributed by atoms with E-state index in [0.717, 1.165) is 12.8 Å². The maximum atomic E-state index is 5.89. The summed E-state index contributed by atoms with van der Waals surface area (Å²) in [6, 6.07) is 0.320. The molecule has 22 heavy (non-hydrogen) atoms. The van der Waals surface area contributed by atoms with Crippen molar-refractivity contribution in [2.45, 2.75) is 52.9 Å². The van der Waals surface area contributed by atoms with E-state index in [9.17, 15) is 0 Å². The second kappa shape index (κ2) is 10.4. The van der Waals surface area contributed by atoms with Crippen molar-refractivity contribution in [3.63, 3.8) is 0 Å². The van der Waals surface area contributed by atoms with Crippen molar-refractivity contribution in [3.05, 3.63) is 17.0 Å². The Morgan fingerprint density at radius 1 is 1.18 bits per heavy atom. The second-order valence-corrected chi connectivity index (χ2v) is 4.91. The standard InChI is InChI=1S/C16H24ClN3O2/c1-5-13(6-2)19-15-12(11-18-16(17)20-15)9-10-14(21-7-3)22-8-4/h11,13-14H,5-8H2,1-4H3,(H,18,19,20). The number of halogens is 1. The monoisotopic (exact) mass is 325 g/mol. The van der Waals surface area contributed by atoms with Gasteiger partial charge in [-0.15, -0.1) is 0 Å². The van der Waals surface area contributed by atoms with Gasteiger partial charge in [0.1, 0.15) is 5.82 Å². The number of ether oxygens (including phenoxy) is 2. The van der Waals surface area contributed by atoms with Gasteiger partial charge in [-0.3, -0.25) is 0 Å². The highest BCUT2D eigenvalue weighted by atomic mass is 35.5. The molecule has 0 fully saturated rings. The fourth-order valence-electron chi connectivity index (χ4n) is 1.82. The maximum Gasteiger partial charge on any atom is 0.224 e. The van der Waals surface area contributed by atoms with E-state index in [4.69, 9.17) is 21.1 Å². The fraction of sp³-hybridized carbons (Fsp3) is 0.625. The first-order chi connectivity index (χ1) is 10.6. The summed E-state index contributed by atoms with van der Waals surface area (Å²) in [5, 5.41) is 3.56. The molecule has 6 heteroatoms. The Hall–Kier alpha value is -1.35. The van der Waals surface area contributed by atoms with Gasteiger partial charge in [-0.1, -0.05) is 19.8 Å². The topological polar surface area (TPSA) is 56.3 Å².